The summed E-state index contributed by atoms with van der Waals surface area (Å²) in [7, 11) is 0. The predicted octanol–water partition coefficient (Wildman–Crippen LogP) is 5.63. The van der Waals surface area contributed by atoms with Gasteiger partial charge in [0, 0.05) is 24.1 Å². The van der Waals surface area contributed by atoms with Gasteiger partial charge in [0.2, 0.25) is 5.13 Å². The van der Waals surface area contributed by atoms with E-state index in [-0.39, 0.29) is 27.6 Å². The van der Waals surface area contributed by atoms with Crippen molar-refractivity contribution in [2.75, 3.05) is 4.90 Å². The fourth-order valence-corrected chi connectivity index (χ4v) is 6.69. The SMILES string of the molecule is Cc1ccc(CSc2nnc(N3C(=O)C(=O)/C(=C(/O)c4c(C)nc5ccccn45)C3c3cccc([N+](=O)[O-])c3)s2)cc1. The standard InChI is InChI=1S/C29H22N6O5S2/c1-16-9-11-18(12-10-16)15-41-29-32-31-28(42-29)34-24(19-6-5-7-20(14-19)35(39)40)22(26(37)27(34)38)25(36)23-17(2)30-21-8-3-4-13-33(21)23/h3-14,24,36H,15H2,1-2H3/b25-22+. The van der Waals surface area contributed by atoms with E-state index in [1.165, 1.54) is 30.0 Å². The van der Waals surface area contributed by atoms with E-state index in [0.29, 0.717) is 21.4 Å². The molecule has 1 aliphatic heterocycles. The molecule has 13 heteroatoms. The zero-order valence-corrected chi connectivity index (χ0v) is 23.9. The molecule has 11 nitrogen and oxygen atoms in total. The van der Waals surface area contributed by atoms with Crippen LogP contribution in [0.4, 0.5) is 10.8 Å². The van der Waals surface area contributed by atoms with Gasteiger partial charge in [0.05, 0.1) is 22.2 Å². The van der Waals surface area contributed by atoms with Crippen LogP contribution in [0.5, 0.6) is 0 Å². The van der Waals surface area contributed by atoms with E-state index in [0.717, 1.165) is 27.4 Å². The van der Waals surface area contributed by atoms with Crippen molar-refractivity contribution in [3.63, 3.8) is 0 Å². The van der Waals surface area contributed by atoms with Crippen LogP contribution in [0.2, 0.25) is 0 Å². The van der Waals surface area contributed by atoms with Crippen LogP contribution in [0.3, 0.4) is 0 Å². The van der Waals surface area contributed by atoms with Crippen LogP contribution in [0.25, 0.3) is 11.4 Å². The van der Waals surface area contributed by atoms with Crippen molar-refractivity contribution in [2.45, 2.75) is 30.0 Å². The van der Waals surface area contributed by atoms with Crippen molar-refractivity contribution < 1.29 is 19.6 Å². The smallest absolute Gasteiger partial charge is 0.301 e. The topological polar surface area (TPSA) is 144 Å². The fourth-order valence-electron chi connectivity index (χ4n) is 4.87. The molecule has 5 aromatic rings. The minimum absolute atomic E-state index is 0.133. The van der Waals surface area contributed by atoms with Crippen molar-refractivity contribution in [3.8, 4) is 0 Å². The molecule has 6 rings (SSSR count). The number of aromatic nitrogens is 4. The Bertz CT molecular complexity index is 1910. The molecule has 210 valence electrons. The average Bonchev–Trinajstić information content (AvgIpc) is 3.66. The van der Waals surface area contributed by atoms with Gasteiger partial charge in [0.25, 0.3) is 11.5 Å². The van der Waals surface area contributed by atoms with E-state index < -0.39 is 28.4 Å². The van der Waals surface area contributed by atoms with E-state index in [1.54, 1.807) is 41.8 Å². The number of hydrogen-bond donors (Lipinski definition) is 1. The maximum atomic E-state index is 13.6. The number of nitrogens with zero attached hydrogens (tertiary/aromatic N) is 6. The van der Waals surface area contributed by atoms with Crippen molar-refractivity contribution in [2.24, 2.45) is 0 Å². The third-order valence-electron chi connectivity index (χ3n) is 6.85. The Hall–Kier alpha value is -4.88. The van der Waals surface area contributed by atoms with Gasteiger partial charge >= 0.3 is 5.91 Å². The van der Waals surface area contributed by atoms with Crippen molar-refractivity contribution in [1.82, 2.24) is 19.6 Å². The van der Waals surface area contributed by atoms with Crippen molar-refractivity contribution in [1.29, 1.82) is 0 Å². The molecule has 0 bridgehead atoms. The number of aliphatic hydroxyl groups excluding tert-OH is 1. The molecule has 0 spiro atoms. The molecular formula is C29H22N6O5S2. The molecular weight excluding hydrogens is 576 g/mol. The lowest BCUT2D eigenvalue weighted by Crippen LogP contribution is -2.29. The minimum atomic E-state index is -1.19. The second kappa shape index (κ2) is 10.8. The highest BCUT2D eigenvalue weighted by molar-refractivity contribution is 8.00. The van der Waals surface area contributed by atoms with Gasteiger partial charge in [0.1, 0.15) is 11.3 Å². The van der Waals surface area contributed by atoms with Crippen LogP contribution in [-0.4, -0.2) is 41.3 Å². The van der Waals surface area contributed by atoms with Crippen LogP contribution >= 0.6 is 23.1 Å². The summed E-state index contributed by atoms with van der Waals surface area (Å²) in [6.45, 7) is 3.69. The highest BCUT2D eigenvalue weighted by Gasteiger charge is 2.49. The largest absolute Gasteiger partial charge is 0.505 e. The zero-order valence-electron chi connectivity index (χ0n) is 22.3. The first-order valence-corrected chi connectivity index (χ1v) is 14.5. The fraction of sp³-hybridized carbons (Fsp3) is 0.138. The number of thioether (sulfide) groups is 1. The third-order valence-corrected chi connectivity index (χ3v) is 8.98. The van der Waals surface area contributed by atoms with Crippen molar-refractivity contribution in [3.05, 3.63) is 117 Å². The summed E-state index contributed by atoms with van der Waals surface area (Å²) in [6.07, 6.45) is 1.69. The first-order valence-electron chi connectivity index (χ1n) is 12.7. The lowest BCUT2D eigenvalue weighted by Gasteiger charge is -2.22. The lowest BCUT2D eigenvalue weighted by molar-refractivity contribution is -0.384. The van der Waals surface area contributed by atoms with Crippen LogP contribution in [0, 0.1) is 24.0 Å². The molecule has 1 atom stereocenters. The number of rotatable bonds is 7. The number of carbonyl (C=O) groups is 2. The van der Waals surface area contributed by atoms with Crippen LogP contribution in [-0.2, 0) is 15.3 Å². The molecule has 42 heavy (non-hydrogen) atoms. The van der Waals surface area contributed by atoms with E-state index in [2.05, 4.69) is 15.2 Å². The summed E-state index contributed by atoms with van der Waals surface area (Å²) >= 11 is 2.55. The molecule has 4 heterocycles. The van der Waals surface area contributed by atoms with Gasteiger partial charge in [0.15, 0.2) is 10.1 Å². The van der Waals surface area contributed by atoms with Gasteiger partial charge < -0.3 is 5.11 Å². The highest BCUT2D eigenvalue weighted by Crippen LogP contribution is 2.45. The van der Waals surface area contributed by atoms with Crippen LogP contribution in [0.15, 0.2) is 82.8 Å². The molecule has 1 aliphatic rings. The average molecular weight is 599 g/mol. The Morgan fingerprint density at radius 3 is 2.62 bits per heavy atom. The summed E-state index contributed by atoms with van der Waals surface area (Å²) in [5.41, 5.74) is 3.27. The monoisotopic (exact) mass is 598 g/mol. The molecule has 1 saturated heterocycles. The van der Waals surface area contributed by atoms with Gasteiger partial charge in [-0.1, -0.05) is 71.1 Å². The van der Waals surface area contributed by atoms with Gasteiger partial charge in [-0.15, -0.1) is 10.2 Å². The Labute approximate surface area is 247 Å². The summed E-state index contributed by atoms with van der Waals surface area (Å²) in [4.78, 5) is 43.8. The number of nitro benzene ring substituents is 1. The summed E-state index contributed by atoms with van der Waals surface area (Å²) < 4.78 is 2.19. The highest BCUT2D eigenvalue weighted by atomic mass is 32.2. The number of hydrogen-bond acceptors (Lipinski definition) is 10. The molecule has 3 aromatic heterocycles. The Balaban J connectivity index is 1.46. The number of non-ortho nitro benzene ring substituents is 1. The maximum Gasteiger partial charge on any atom is 0.301 e. The number of imidazole rings is 1. The molecule has 0 aliphatic carbocycles. The number of aryl methyl sites for hydroxylation is 2. The number of Topliss-reactive ketones (excluding diaryl/α,β-unsaturated/α-hetero) is 1. The molecule has 1 unspecified atom stereocenters. The van der Waals surface area contributed by atoms with E-state index in [9.17, 15) is 24.8 Å². The predicted molar refractivity (Wildman–Crippen MR) is 158 cm³/mol. The number of ketones is 1. The Morgan fingerprint density at radius 1 is 1.07 bits per heavy atom. The lowest BCUT2D eigenvalue weighted by atomic mass is 9.96. The molecule has 1 N–H and O–H groups in total. The number of carbonyl (C=O) groups excluding carboxylic acids is 2. The first-order chi connectivity index (χ1) is 20.2. The van der Waals surface area contributed by atoms with E-state index in [1.807, 2.05) is 31.2 Å². The van der Waals surface area contributed by atoms with Gasteiger partial charge in [-0.2, -0.15) is 0 Å². The number of amides is 1. The van der Waals surface area contributed by atoms with E-state index >= 15 is 0 Å². The third kappa shape index (κ3) is 4.82. The number of pyridine rings is 1. The second-order valence-electron chi connectivity index (χ2n) is 9.62. The Kier molecular flexibility index (Phi) is 7.04. The molecule has 0 saturated carbocycles. The second-order valence-corrected chi connectivity index (χ2v) is 11.8. The number of fused-ring (bicyclic) bond motifs is 1. The minimum Gasteiger partial charge on any atom is -0.505 e. The Morgan fingerprint density at radius 2 is 1.86 bits per heavy atom. The quantitative estimate of drug-likeness (QED) is 0.0479. The number of nitro groups is 1. The summed E-state index contributed by atoms with van der Waals surface area (Å²) in [6, 6.07) is 17.8. The molecule has 1 fully saturated rings. The van der Waals surface area contributed by atoms with Gasteiger partial charge in [-0.05, 0) is 37.1 Å². The molecule has 0 radical (unpaired) electrons. The summed E-state index contributed by atoms with van der Waals surface area (Å²) in [5.74, 6) is -1.69. The van der Waals surface area contributed by atoms with Crippen LogP contribution < -0.4 is 4.90 Å². The van der Waals surface area contributed by atoms with Gasteiger partial charge in [-0.3, -0.25) is 29.0 Å². The number of aliphatic hydroxyl groups is 1. The molecule has 1 amide bonds. The number of benzene rings is 2. The van der Waals surface area contributed by atoms with Crippen LogP contribution in [0.1, 0.15) is 34.1 Å². The van der Waals surface area contributed by atoms with E-state index in [4.69, 9.17) is 0 Å². The first kappa shape index (κ1) is 27.3. The maximum absolute atomic E-state index is 13.6. The molecule has 2 aromatic carbocycles. The zero-order chi connectivity index (χ0) is 29.5. The number of anilines is 1. The van der Waals surface area contributed by atoms with Gasteiger partial charge in [-0.25, -0.2) is 4.98 Å². The summed E-state index contributed by atoms with van der Waals surface area (Å²) in [5, 5.41) is 31.8. The van der Waals surface area contributed by atoms with Crippen molar-refractivity contribution >= 4 is 57.0 Å². The normalized spacial score (nSPS) is 16.4.